The number of ether oxygens (including phenoxy) is 1. The first-order valence-electron chi connectivity index (χ1n) is 6.53. The number of nitrogens with zero attached hydrogens (tertiary/aromatic N) is 2. The molecule has 20 heavy (non-hydrogen) atoms. The average Bonchev–Trinajstić information content (AvgIpc) is 2.52. The summed E-state index contributed by atoms with van der Waals surface area (Å²) in [5.74, 6) is -0.00620. The Morgan fingerprint density at radius 1 is 1.15 bits per heavy atom. The van der Waals surface area contributed by atoms with E-state index in [2.05, 4.69) is 4.98 Å². The Balaban J connectivity index is 2.13. The molecule has 0 saturated carbocycles. The maximum Gasteiger partial charge on any atom is 0.254 e. The standard InChI is InChI=1S/C16H18N2O2/c1-20-12-11-18(13-14-5-3-2-4-6-14)16(19)15-7-9-17-10-8-15/h2-10H,11-13H2,1H3. The normalized spacial score (nSPS) is 10.2. The Morgan fingerprint density at radius 2 is 1.85 bits per heavy atom. The first kappa shape index (κ1) is 14.2. The van der Waals surface area contributed by atoms with Gasteiger partial charge < -0.3 is 9.64 Å². The Bertz CT molecular complexity index is 529. The first-order valence-corrected chi connectivity index (χ1v) is 6.53. The van der Waals surface area contributed by atoms with Crippen LogP contribution in [0.3, 0.4) is 0 Å². The first-order chi connectivity index (χ1) is 9.81. The molecule has 0 spiro atoms. The van der Waals surface area contributed by atoms with Crippen molar-refractivity contribution in [2.24, 2.45) is 0 Å². The molecule has 2 aromatic rings. The summed E-state index contributed by atoms with van der Waals surface area (Å²) in [6.07, 6.45) is 3.26. The number of carbonyl (C=O) groups is 1. The number of hydrogen-bond donors (Lipinski definition) is 0. The number of carbonyl (C=O) groups excluding carboxylic acids is 1. The van der Waals surface area contributed by atoms with Crippen LogP contribution < -0.4 is 0 Å². The predicted molar refractivity (Wildman–Crippen MR) is 77.3 cm³/mol. The fourth-order valence-electron chi connectivity index (χ4n) is 1.93. The van der Waals surface area contributed by atoms with E-state index in [-0.39, 0.29) is 5.91 Å². The number of aromatic nitrogens is 1. The second kappa shape index (κ2) is 7.40. The van der Waals surface area contributed by atoms with Gasteiger partial charge >= 0.3 is 0 Å². The van der Waals surface area contributed by atoms with Crippen molar-refractivity contribution in [3.63, 3.8) is 0 Å². The van der Waals surface area contributed by atoms with E-state index in [1.807, 2.05) is 30.3 Å². The fraction of sp³-hybridized carbons (Fsp3) is 0.250. The highest BCUT2D eigenvalue weighted by atomic mass is 16.5. The average molecular weight is 270 g/mol. The van der Waals surface area contributed by atoms with Gasteiger partial charge in [-0.3, -0.25) is 9.78 Å². The smallest absolute Gasteiger partial charge is 0.254 e. The maximum absolute atomic E-state index is 12.5. The van der Waals surface area contributed by atoms with Crippen LogP contribution in [-0.2, 0) is 11.3 Å². The molecule has 1 aromatic carbocycles. The van der Waals surface area contributed by atoms with Crippen molar-refractivity contribution >= 4 is 5.91 Å². The van der Waals surface area contributed by atoms with Crippen molar-refractivity contribution in [1.82, 2.24) is 9.88 Å². The van der Waals surface area contributed by atoms with E-state index in [1.165, 1.54) is 0 Å². The van der Waals surface area contributed by atoms with Crippen LogP contribution >= 0.6 is 0 Å². The van der Waals surface area contributed by atoms with E-state index in [1.54, 1.807) is 36.5 Å². The third-order valence-electron chi connectivity index (χ3n) is 3.00. The van der Waals surface area contributed by atoms with Gasteiger partial charge in [-0.15, -0.1) is 0 Å². The van der Waals surface area contributed by atoms with E-state index < -0.39 is 0 Å². The summed E-state index contributed by atoms with van der Waals surface area (Å²) in [7, 11) is 1.64. The second-order valence-electron chi connectivity index (χ2n) is 4.44. The van der Waals surface area contributed by atoms with Gasteiger partial charge in [0.1, 0.15) is 0 Å². The van der Waals surface area contributed by atoms with Gasteiger partial charge in [0.05, 0.1) is 6.61 Å². The summed E-state index contributed by atoms with van der Waals surface area (Å²) >= 11 is 0. The van der Waals surface area contributed by atoms with E-state index in [4.69, 9.17) is 4.74 Å². The zero-order valence-corrected chi connectivity index (χ0v) is 11.5. The van der Waals surface area contributed by atoms with Crippen molar-refractivity contribution < 1.29 is 9.53 Å². The molecule has 1 heterocycles. The number of hydrogen-bond acceptors (Lipinski definition) is 3. The van der Waals surface area contributed by atoms with Gasteiger partial charge in [-0.05, 0) is 17.7 Å². The highest BCUT2D eigenvalue weighted by Gasteiger charge is 2.15. The largest absolute Gasteiger partial charge is 0.383 e. The second-order valence-corrected chi connectivity index (χ2v) is 4.44. The van der Waals surface area contributed by atoms with E-state index in [9.17, 15) is 4.79 Å². The maximum atomic E-state index is 12.5. The number of rotatable bonds is 6. The lowest BCUT2D eigenvalue weighted by atomic mass is 10.2. The van der Waals surface area contributed by atoms with Crippen molar-refractivity contribution in [1.29, 1.82) is 0 Å². The lowest BCUT2D eigenvalue weighted by Crippen LogP contribution is -2.33. The number of methoxy groups -OCH3 is 1. The van der Waals surface area contributed by atoms with Crippen LogP contribution in [0.1, 0.15) is 15.9 Å². The molecule has 0 aliphatic rings. The minimum Gasteiger partial charge on any atom is -0.383 e. The van der Waals surface area contributed by atoms with Gasteiger partial charge in [-0.2, -0.15) is 0 Å². The Kier molecular flexibility index (Phi) is 5.26. The summed E-state index contributed by atoms with van der Waals surface area (Å²) in [6.45, 7) is 1.65. The van der Waals surface area contributed by atoms with Crippen LogP contribution in [0.4, 0.5) is 0 Å². The van der Waals surface area contributed by atoms with Crippen LogP contribution in [-0.4, -0.2) is 36.1 Å². The molecule has 0 aliphatic heterocycles. The minimum absolute atomic E-state index is 0.00620. The number of amides is 1. The molecule has 0 aliphatic carbocycles. The Hall–Kier alpha value is -2.20. The van der Waals surface area contributed by atoms with Gasteiger partial charge in [0.25, 0.3) is 5.91 Å². The highest BCUT2D eigenvalue weighted by Crippen LogP contribution is 2.09. The van der Waals surface area contributed by atoms with E-state index in [0.717, 1.165) is 5.56 Å². The zero-order chi connectivity index (χ0) is 14.2. The van der Waals surface area contributed by atoms with Crippen LogP contribution in [0.25, 0.3) is 0 Å². The molecule has 2 rings (SSSR count). The molecule has 1 amide bonds. The summed E-state index contributed by atoms with van der Waals surface area (Å²) < 4.78 is 5.09. The van der Waals surface area contributed by atoms with Gasteiger partial charge in [-0.1, -0.05) is 30.3 Å². The minimum atomic E-state index is -0.00620. The molecule has 4 heteroatoms. The van der Waals surface area contributed by atoms with E-state index in [0.29, 0.717) is 25.3 Å². The molecule has 0 atom stereocenters. The quantitative estimate of drug-likeness (QED) is 0.809. The molecule has 0 saturated heterocycles. The summed E-state index contributed by atoms with van der Waals surface area (Å²) in [5.41, 5.74) is 1.75. The molecule has 104 valence electrons. The van der Waals surface area contributed by atoms with Crippen molar-refractivity contribution in [3.05, 3.63) is 66.0 Å². The summed E-state index contributed by atoms with van der Waals surface area (Å²) in [5, 5.41) is 0. The lowest BCUT2D eigenvalue weighted by molar-refractivity contribution is 0.0680. The molecule has 0 bridgehead atoms. The third-order valence-corrected chi connectivity index (χ3v) is 3.00. The van der Waals surface area contributed by atoms with Crippen LogP contribution in [0.15, 0.2) is 54.9 Å². The molecular formula is C16H18N2O2. The molecular weight excluding hydrogens is 252 g/mol. The SMILES string of the molecule is COCCN(Cc1ccccc1)C(=O)c1ccncc1. The highest BCUT2D eigenvalue weighted by molar-refractivity contribution is 5.94. The monoisotopic (exact) mass is 270 g/mol. The number of benzene rings is 1. The van der Waals surface area contributed by atoms with Crippen molar-refractivity contribution in [3.8, 4) is 0 Å². The van der Waals surface area contributed by atoms with Gasteiger partial charge in [0, 0.05) is 38.2 Å². The zero-order valence-electron chi connectivity index (χ0n) is 11.5. The lowest BCUT2D eigenvalue weighted by Gasteiger charge is -2.22. The Morgan fingerprint density at radius 3 is 2.50 bits per heavy atom. The molecule has 0 radical (unpaired) electrons. The third kappa shape index (κ3) is 3.90. The Labute approximate surface area is 119 Å². The predicted octanol–water partition coefficient (Wildman–Crippen LogP) is 2.37. The van der Waals surface area contributed by atoms with Gasteiger partial charge in [0.2, 0.25) is 0 Å². The summed E-state index contributed by atoms with van der Waals surface area (Å²) in [6, 6.07) is 13.4. The van der Waals surface area contributed by atoms with E-state index >= 15 is 0 Å². The molecule has 4 nitrogen and oxygen atoms in total. The van der Waals surface area contributed by atoms with Gasteiger partial charge in [0.15, 0.2) is 0 Å². The van der Waals surface area contributed by atoms with Crippen LogP contribution in [0.2, 0.25) is 0 Å². The number of pyridine rings is 1. The fourth-order valence-corrected chi connectivity index (χ4v) is 1.93. The van der Waals surface area contributed by atoms with Crippen LogP contribution in [0, 0.1) is 0 Å². The summed E-state index contributed by atoms with van der Waals surface area (Å²) in [4.78, 5) is 18.2. The van der Waals surface area contributed by atoms with Crippen molar-refractivity contribution in [2.75, 3.05) is 20.3 Å². The molecule has 0 unspecified atom stereocenters. The molecule has 0 N–H and O–H groups in total. The molecule has 0 fully saturated rings. The van der Waals surface area contributed by atoms with Gasteiger partial charge in [-0.25, -0.2) is 0 Å². The van der Waals surface area contributed by atoms with Crippen molar-refractivity contribution in [2.45, 2.75) is 6.54 Å². The molecule has 1 aromatic heterocycles. The van der Waals surface area contributed by atoms with Crippen LogP contribution in [0.5, 0.6) is 0 Å². The topological polar surface area (TPSA) is 42.4 Å².